The number of amides is 1. The largest absolute Gasteiger partial charge is 0.493 e. The average molecular weight is 519 g/mol. The first-order valence-corrected chi connectivity index (χ1v) is 10.8. The highest BCUT2D eigenvalue weighted by Gasteiger charge is 2.66. The van der Waals surface area contributed by atoms with Crippen molar-refractivity contribution in [3.8, 4) is 5.75 Å². The number of alkyl halides is 3. The fourth-order valence-electron chi connectivity index (χ4n) is 4.52. The van der Waals surface area contributed by atoms with Crippen LogP contribution in [0, 0.1) is 23.4 Å². The molecule has 2 fully saturated rings. The van der Waals surface area contributed by atoms with Crippen molar-refractivity contribution in [2.45, 2.75) is 43.2 Å². The maximum absolute atomic E-state index is 14.5. The molecular formula is C23H23F6N3O4. The van der Waals surface area contributed by atoms with E-state index in [1.54, 1.807) is 0 Å². The van der Waals surface area contributed by atoms with Crippen LogP contribution < -0.4 is 15.8 Å². The lowest BCUT2D eigenvalue weighted by atomic mass is 9.77. The maximum Gasteiger partial charge on any atom is 0.417 e. The summed E-state index contributed by atoms with van der Waals surface area (Å²) in [5.74, 6) is -8.38. The van der Waals surface area contributed by atoms with Crippen LogP contribution in [0.1, 0.15) is 31.0 Å². The van der Waals surface area contributed by atoms with E-state index in [1.165, 1.54) is 6.92 Å². The van der Waals surface area contributed by atoms with E-state index < -0.39 is 70.1 Å². The third kappa shape index (κ3) is 4.08. The van der Waals surface area contributed by atoms with E-state index in [1.807, 2.05) is 0 Å². The summed E-state index contributed by atoms with van der Waals surface area (Å²) in [6.07, 6.45) is -6.00. The van der Waals surface area contributed by atoms with Crippen molar-refractivity contribution in [1.29, 1.82) is 0 Å². The number of aromatic nitrogens is 1. The van der Waals surface area contributed by atoms with Crippen LogP contribution in [0.15, 0.2) is 24.4 Å². The molecule has 36 heavy (non-hydrogen) atoms. The van der Waals surface area contributed by atoms with Crippen molar-refractivity contribution in [3.05, 3.63) is 53.1 Å². The molecule has 1 aromatic heterocycles. The molecule has 2 aliphatic rings. The molecule has 0 bridgehead atoms. The Morgan fingerprint density at radius 2 is 1.89 bits per heavy atom. The lowest BCUT2D eigenvalue weighted by Crippen LogP contribution is -2.54. The number of methoxy groups -OCH3 is 1. The monoisotopic (exact) mass is 519 g/mol. The SMILES string of the molecule is COc1c([C@H]2[C@H](C(=O)Nc3cc(C4(N)COC4)ncc3F)O[C@@](C)(C(F)(F)F)[C@H]2C)ccc(F)c1F. The highest BCUT2D eigenvalue weighted by Crippen LogP contribution is 2.55. The minimum Gasteiger partial charge on any atom is -0.493 e. The van der Waals surface area contributed by atoms with Gasteiger partial charge in [0.1, 0.15) is 11.6 Å². The van der Waals surface area contributed by atoms with Gasteiger partial charge in [-0.05, 0) is 19.1 Å². The van der Waals surface area contributed by atoms with Crippen molar-refractivity contribution in [2.75, 3.05) is 25.6 Å². The Labute approximate surface area is 201 Å². The molecule has 4 rings (SSSR count). The van der Waals surface area contributed by atoms with Crippen LogP contribution in [0.2, 0.25) is 0 Å². The number of ether oxygens (including phenoxy) is 3. The number of halogens is 6. The van der Waals surface area contributed by atoms with E-state index in [9.17, 15) is 31.1 Å². The van der Waals surface area contributed by atoms with Crippen molar-refractivity contribution in [2.24, 2.45) is 11.7 Å². The number of hydrogen-bond donors (Lipinski definition) is 2. The van der Waals surface area contributed by atoms with E-state index in [-0.39, 0.29) is 24.5 Å². The first kappa shape index (κ1) is 26.2. The minimum atomic E-state index is -4.93. The number of anilines is 1. The number of hydrogen-bond acceptors (Lipinski definition) is 6. The molecule has 2 aliphatic heterocycles. The molecule has 1 amide bonds. The Bertz CT molecular complexity index is 1190. The second-order valence-electron chi connectivity index (χ2n) is 9.13. The van der Waals surface area contributed by atoms with E-state index in [0.717, 1.165) is 32.4 Å². The highest BCUT2D eigenvalue weighted by molar-refractivity contribution is 5.95. The summed E-state index contributed by atoms with van der Waals surface area (Å²) in [6, 6.07) is 2.91. The van der Waals surface area contributed by atoms with Crippen LogP contribution in [0.25, 0.3) is 0 Å². The number of benzene rings is 1. The summed E-state index contributed by atoms with van der Waals surface area (Å²) in [7, 11) is 1.01. The molecule has 0 spiro atoms. The average Bonchev–Trinajstić information content (AvgIpc) is 3.07. The zero-order chi connectivity index (χ0) is 26.6. The molecule has 196 valence electrons. The summed E-state index contributed by atoms with van der Waals surface area (Å²) in [6.45, 7) is 2.13. The Morgan fingerprint density at radius 3 is 2.44 bits per heavy atom. The van der Waals surface area contributed by atoms with Gasteiger partial charge in [0.05, 0.1) is 37.9 Å². The van der Waals surface area contributed by atoms with Gasteiger partial charge in [0.15, 0.2) is 23.0 Å². The molecule has 7 nitrogen and oxygen atoms in total. The van der Waals surface area contributed by atoms with Crippen LogP contribution in [0.4, 0.5) is 32.0 Å². The standard InChI is InChI=1S/C23H23F6N3O4/c1-10-16(11-4-5-12(24)17(26)18(11)34-3)19(36-21(10,2)23(27,28)29)20(33)32-14-6-15(31-7-13(14)25)22(30)8-35-9-22/h4-7,10,16,19H,8-9,30H2,1-3H3,(H,31,32,33)/t10-,16-,19+,21+/m0/s1. The first-order chi connectivity index (χ1) is 16.7. The summed E-state index contributed by atoms with van der Waals surface area (Å²) < 4.78 is 100. The van der Waals surface area contributed by atoms with Gasteiger partial charge in [0.25, 0.3) is 5.91 Å². The predicted molar refractivity (Wildman–Crippen MR) is 114 cm³/mol. The van der Waals surface area contributed by atoms with Crippen molar-refractivity contribution < 1.29 is 45.3 Å². The Kier molecular flexibility index (Phi) is 6.46. The highest BCUT2D eigenvalue weighted by atomic mass is 19.4. The van der Waals surface area contributed by atoms with E-state index in [0.29, 0.717) is 6.07 Å². The quantitative estimate of drug-likeness (QED) is 0.585. The minimum absolute atomic E-state index is 0.101. The van der Waals surface area contributed by atoms with Gasteiger partial charge in [-0.15, -0.1) is 0 Å². The number of nitrogens with zero attached hydrogens (tertiary/aromatic N) is 1. The molecule has 13 heteroatoms. The summed E-state index contributed by atoms with van der Waals surface area (Å²) >= 11 is 0. The molecular weight excluding hydrogens is 496 g/mol. The van der Waals surface area contributed by atoms with Crippen molar-refractivity contribution >= 4 is 11.6 Å². The number of nitrogens with two attached hydrogens (primary N) is 1. The number of pyridine rings is 1. The van der Waals surface area contributed by atoms with Gasteiger partial charge >= 0.3 is 6.18 Å². The van der Waals surface area contributed by atoms with Gasteiger partial charge in [-0.25, -0.2) is 8.78 Å². The van der Waals surface area contributed by atoms with Gasteiger partial charge in [0.2, 0.25) is 5.82 Å². The van der Waals surface area contributed by atoms with Crippen LogP contribution in [0.3, 0.4) is 0 Å². The number of rotatable bonds is 5. The second-order valence-corrected chi connectivity index (χ2v) is 9.13. The predicted octanol–water partition coefficient (Wildman–Crippen LogP) is 3.77. The molecule has 0 radical (unpaired) electrons. The summed E-state index contributed by atoms with van der Waals surface area (Å²) in [4.78, 5) is 17.2. The van der Waals surface area contributed by atoms with Crippen LogP contribution >= 0.6 is 0 Å². The maximum atomic E-state index is 14.5. The molecule has 1 aromatic carbocycles. The van der Waals surface area contributed by atoms with Gasteiger partial charge < -0.3 is 25.3 Å². The fourth-order valence-corrected chi connectivity index (χ4v) is 4.52. The Hall–Kier alpha value is -2.90. The molecule has 3 heterocycles. The summed E-state index contributed by atoms with van der Waals surface area (Å²) in [5, 5.41) is 2.23. The molecule has 0 saturated carbocycles. The topological polar surface area (TPSA) is 95.7 Å². The zero-order valence-electron chi connectivity index (χ0n) is 19.4. The number of nitrogens with one attached hydrogen (secondary N) is 1. The van der Waals surface area contributed by atoms with Gasteiger partial charge in [0, 0.05) is 17.4 Å². The Morgan fingerprint density at radius 1 is 1.22 bits per heavy atom. The fraction of sp³-hybridized carbons (Fsp3) is 0.478. The van der Waals surface area contributed by atoms with Gasteiger partial charge in [-0.1, -0.05) is 13.0 Å². The van der Waals surface area contributed by atoms with E-state index >= 15 is 0 Å². The molecule has 3 N–H and O–H groups in total. The van der Waals surface area contributed by atoms with E-state index in [2.05, 4.69) is 10.3 Å². The van der Waals surface area contributed by atoms with E-state index in [4.69, 9.17) is 19.9 Å². The summed E-state index contributed by atoms with van der Waals surface area (Å²) in [5.41, 5.74) is 1.84. The van der Waals surface area contributed by atoms with Crippen LogP contribution in [-0.4, -0.2) is 49.1 Å². The first-order valence-electron chi connectivity index (χ1n) is 10.8. The lowest BCUT2D eigenvalue weighted by Gasteiger charge is -2.37. The molecule has 0 unspecified atom stereocenters. The van der Waals surface area contributed by atoms with Crippen LogP contribution in [0.5, 0.6) is 5.75 Å². The van der Waals surface area contributed by atoms with Crippen molar-refractivity contribution in [1.82, 2.24) is 4.98 Å². The third-order valence-corrected chi connectivity index (χ3v) is 6.91. The normalized spacial score (nSPS) is 27.4. The van der Waals surface area contributed by atoms with Gasteiger partial charge in [-0.3, -0.25) is 9.78 Å². The van der Waals surface area contributed by atoms with Crippen LogP contribution in [-0.2, 0) is 19.8 Å². The third-order valence-electron chi connectivity index (χ3n) is 6.91. The molecule has 2 aromatic rings. The molecule has 0 aliphatic carbocycles. The lowest BCUT2D eigenvalue weighted by molar-refractivity contribution is -0.272. The molecule has 2 saturated heterocycles. The Balaban J connectivity index is 1.75. The zero-order valence-corrected chi connectivity index (χ0v) is 19.4. The smallest absolute Gasteiger partial charge is 0.417 e. The van der Waals surface area contributed by atoms with Crippen molar-refractivity contribution in [3.63, 3.8) is 0 Å². The molecule has 4 atom stereocenters. The number of carbonyl (C=O) groups excluding carboxylic acids is 1. The number of carbonyl (C=O) groups is 1. The van der Waals surface area contributed by atoms with Gasteiger partial charge in [-0.2, -0.15) is 17.6 Å². The second kappa shape index (κ2) is 8.89.